The van der Waals surface area contributed by atoms with E-state index in [0.29, 0.717) is 6.61 Å². The molecule has 0 saturated carbocycles. The number of benzene rings is 2. The highest BCUT2D eigenvalue weighted by Gasteiger charge is 2.45. The van der Waals surface area contributed by atoms with Crippen molar-refractivity contribution in [2.45, 2.75) is 17.2 Å². The van der Waals surface area contributed by atoms with Crippen LogP contribution < -0.4 is 0 Å². The molecule has 1 aliphatic rings. The van der Waals surface area contributed by atoms with Crippen molar-refractivity contribution in [3.63, 3.8) is 0 Å². The van der Waals surface area contributed by atoms with E-state index in [9.17, 15) is 0 Å². The number of alkyl halides is 1. The van der Waals surface area contributed by atoms with Crippen molar-refractivity contribution in [3.05, 3.63) is 71.3 Å². The first-order valence-corrected chi connectivity index (χ1v) is 7.16. The fourth-order valence-corrected chi connectivity index (χ4v) is 3.59. The summed E-state index contributed by atoms with van der Waals surface area (Å²) < 4.78 is 11.8. The highest BCUT2D eigenvalue weighted by atomic mass is 79.9. The van der Waals surface area contributed by atoms with Crippen LogP contribution in [0.5, 0.6) is 0 Å². The molecule has 3 rings (SSSR count). The average molecular weight is 319 g/mol. The molecule has 2 atom stereocenters. The normalized spacial score (nSPS) is 25.9. The van der Waals surface area contributed by atoms with Gasteiger partial charge in [0.05, 0.1) is 11.4 Å². The van der Waals surface area contributed by atoms with E-state index in [1.54, 1.807) is 7.11 Å². The first-order valence-electron chi connectivity index (χ1n) is 6.24. The molecule has 2 aromatic rings. The maximum atomic E-state index is 6.07. The Balaban J connectivity index is 2.10. The Bertz CT molecular complexity index is 570. The number of fused-ring (bicyclic) bond motifs is 1. The Morgan fingerprint density at radius 1 is 1.11 bits per heavy atom. The van der Waals surface area contributed by atoms with Gasteiger partial charge in [-0.15, -0.1) is 0 Å². The van der Waals surface area contributed by atoms with Crippen molar-refractivity contribution in [2.75, 3.05) is 7.11 Å². The third kappa shape index (κ3) is 2.02. The molecule has 98 valence electrons. The van der Waals surface area contributed by atoms with Crippen LogP contribution in [-0.2, 0) is 21.9 Å². The van der Waals surface area contributed by atoms with Crippen molar-refractivity contribution < 1.29 is 9.47 Å². The van der Waals surface area contributed by atoms with Crippen LogP contribution in [0.4, 0.5) is 0 Å². The Morgan fingerprint density at radius 2 is 1.79 bits per heavy atom. The van der Waals surface area contributed by atoms with Gasteiger partial charge in [-0.2, -0.15) is 0 Å². The molecular formula is C16H15BrO2. The predicted molar refractivity (Wildman–Crippen MR) is 78.0 cm³/mol. The maximum absolute atomic E-state index is 6.07. The van der Waals surface area contributed by atoms with Crippen LogP contribution >= 0.6 is 15.9 Å². The van der Waals surface area contributed by atoms with Gasteiger partial charge in [0.2, 0.25) is 5.79 Å². The lowest BCUT2D eigenvalue weighted by Crippen LogP contribution is -2.39. The summed E-state index contributed by atoms with van der Waals surface area (Å²) in [6, 6.07) is 18.3. The van der Waals surface area contributed by atoms with Gasteiger partial charge < -0.3 is 9.47 Å². The second-order valence-electron chi connectivity index (χ2n) is 4.59. The highest BCUT2D eigenvalue weighted by molar-refractivity contribution is 9.09. The number of hydrogen-bond acceptors (Lipinski definition) is 2. The van der Waals surface area contributed by atoms with Crippen LogP contribution in [0, 0.1) is 0 Å². The van der Waals surface area contributed by atoms with Crippen LogP contribution in [0.15, 0.2) is 54.6 Å². The largest absolute Gasteiger partial charge is 0.348 e. The van der Waals surface area contributed by atoms with Gasteiger partial charge in [-0.1, -0.05) is 70.5 Å². The molecule has 3 heteroatoms. The summed E-state index contributed by atoms with van der Waals surface area (Å²) in [5, 5.41) is 0. The molecule has 0 aromatic heterocycles. The van der Waals surface area contributed by atoms with Gasteiger partial charge in [-0.3, -0.25) is 0 Å². The lowest BCUT2D eigenvalue weighted by atomic mass is 9.92. The van der Waals surface area contributed by atoms with Crippen molar-refractivity contribution >= 4 is 15.9 Å². The Morgan fingerprint density at radius 3 is 2.53 bits per heavy atom. The molecule has 1 heterocycles. The van der Waals surface area contributed by atoms with Gasteiger partial charge >= 0.3 is 0 Å². The van der Waals surface area contributed by atoms with E-state index in [-0.39, 0.29) is 4.83 Å². The van der Waals surface area contributed by atoms with Crippen LogP contribution in [0.25, 0.3) is 0 Å². The minimum Gasteiger partial charge on any atom is -0.348 e. The zero-order chi connectivity index (χ0) is 13.3. The lowest BCUT2D eigenvalue weighted by Gasteiger charge is -2.41. The molecule has 0 spiro atoms. The summed E-state index contributed by atoms with van der Waals surface area (Å²) >= 11 is 3.76. The Hall–Kier alpha value is -1.16. The monoisotopic (exact) mass is 318 g/mol. The second kappa shape index (κ2) is 5.08. The van der Waals surface area contributed by atoms with Crippen LogP contribution in [-0.4, -0.2) is 7.11 Å². The minimum absolute atomic E-state index is 0.0302. The van der Waals surface area contributed by atoms with E-state index in [1.165, 1.54) is 11.1 Å². The second-order valence-corrected chi connectivity index (χ2v) is 5.50. The van der Waals surface area contributed by atoms with Crippen LogP contribution in [0.3, 0.4) is 0 Å². The number of methoxy groups -OCH3 is 1. The molecule has 0 saturated heterocycles. The molecule has 0 N–H and O–H groups in total. The summed E-state index contributed by atoms with van der Waals surface area (Å²) in [7, 11) is 1.69. The van der Waals surface area contributed by atoms with E-state index in [4.69, 9.17) is 9.47 Å². The van der Waals surface area contributed by atoms with Gasteiger partial charge in [0.1, 0.15) is 0 Å². The number of rotatable bonds is 2. The third-order valence-electron chi connectivity index (χ3n) is 3.58. The van der Waals surface area contributed by atoms with E-state index in [0.717, 1.165) is 5.56 Å². The number of hydrogen-bond donors (Lipinski definition) is 0. The van der Waals surface area contributed by atoms with Gasteiger partial charge in [-0.05, 0) is 11.1 Å². The molecule has 0 aliphatic carbocycles. The molecule has 0 bridgehead atoms. The SMILES string of the molecule is COC1(c2ccccc2)OCc2ccccc2C1Br. The Kier molecular flexibility index (Phi) is 3.44. The van der Waals surface area contributed by atoms with Crippen molar-refractivity contribution in [1.82, 2.24) is 0 Å². The zero-order valence-electron chi connectivity index (χ0n) is 10.7. The molecule has 0 fully saturated rings. The smallest absolute Gasteiger partial charge is 0.212 e. The molecule has 2 aromatic carbocycles. The summed E-state index contributed by atoms with van der Waals surface area (Å²) in [5.41, 5.74) is 3.45. The maximum Gasteiger partial charge on any atom is 0.212 e. The molecule has 19 heavy (non-hydrogen) atoms. The van der Waals surface area contributed by atoms with Crippen molar-refractivity contribution in [1.29, 1.82) is 0 Å². The summed E-state index contributed by atoms with van der Waals surface area (Å²) in [5.74, 6) is -0.768. The zero-order valence-corrected chi connectivity index (χ0v) is 12.3. The van der Waals surface area contributed by atoms with E-state index in [2.05, 4.69) is 28.1 Å². The molecule has 2 unspecified atom stereocenters. The molecule has 0 radical (unpaired) electrons. The summed E-state index contributed by atoms with van der Waals surface area (Å²) in [4.78, 5) is -0.0302. The molecular weight excluding hydrogens is 304 g/mol. The first-order chi connectivity index (χ1) is 9.28. The average Bonchev–Trinajstić information content (AvgIpc) is 2.49. The fourth-order valence-electron chi connectivity index (χ4n) is 2.56. The van der Waals surface area contributed by atoms with Crippen LogP contribution in [0.2, 0.25) is 0 Å². The Labute approximate surface area is 121 Å². The highest BCUT2D eigenvalue weighted by Crippen LogP contribution is 2.49. The van der Waals surface area contributed by atoms with Gasteiger partial charge in [0.25, 0.3) is 0 Å². The van der Waals surface area contributed by atoms with E-state index < -0.39 is 5.79 Å². The fraction of sp³-hybridized carbons (Fsp3) is 0.250. The van der Waals surface area contributed by atoms with Gasteiger partial charge in [-0.25, -0.2) is 0 Å². The predicted octanol–water partition coefficient (Wildman–Crippen LogP) is 4.15. The van der Waals surface area contributed by atoms with E-state index in [1.807, 2.05) is 42.5 Å². The molecule has 1 aliphatic heterocycles. The van der Waals surface area contributed by atoms with Gasteiger partial charge in [0.15, 0.2) is 0 Å². The molecule has 0 amide bonds. The minimum atomic E-state index is -0.768. The number of halogens is 1. The quantitative estimate of drug-likeness (QED) is 0.774. The first kappa shape index (κ1) is 12.9. The van der Waals surface area contributed by atoms with Crippen LogP contribution in [0.1, 0.15) is 21.5 Å². The standard InChI is InChI=1S/C16H15BrO2/c1-18-16(13-8-3-2-4-9-13)15(17)14-10-6-5-7-12(14)11-19-16/h2-10,15H,11H2,1H3. The molecule has 2 nitrogen and oxygen atoms in total. The third-order valence-corrected chi connectivity index (χ3v) is 4.68. The number of ether oxygens (including phenoxy) is 2. The lowest BCUT2D eigenvalue weighted by molar-refractivity contribution is -0.246. The van der Waals surface area contributed by atoms with Gasteiger partial charge in [0, 0.05) is 12.7 Å². The van der Waals surface area contributed by atoms with E-state index >= 15 is 0 Å². The summed E-state index contributed by atoms with van der Waals surface area (Å²) in [6.07, 6.45) is 0. The van der Waals surface area contributed by atoms with Crippen molar-refractivity contribution in [3.8, 4) is 0 Å². The van der Waals surface area contributed by atoms with Crippen molar-refractivity contribution in [2.24, 2.45) is 0 Å². The topological polar surface area (TPSA) is 18.5 Å². The summed E-state index contributed by atoms with van der Waals surface area (Å²) in [6.45, 7) is 0.557.